The van der Waals surface area contributed by atoms with E-state index in [1.165, 1.54) is 29.5 Å². The van der Waals surface area contributed by atoms with Gasteiger partial charge < -0.3 is 19.8 Å². The van der Waals surface area contributed by atoms with Crippen molar-refractivity contribution in [2.75, 3.05) is 20.3 Å². The van der Waals surface area contributed by atoms with Gasteiger partial charge in [-0.2, -0.15) is 13.2 Å². The number of methoxy groups -OCH3 is 1. The van der Waals surface area contributed by atoms with Crippen LogP contribution in [-0.2, 0) is 28.3 Å². The average molecular weight is 522 g/mol. The van der Waals surface area contributed by atoms with E-state index in [4.69, 9.17) is 32.8 Å². The summed E-state index contributed by atoms with van der Waals surface area (Å²) in [4.78, 5) is 20.8. The molecule has 178 valence electrons. The van der Waals surface area contributed by atoms with E-state index in [0.717, 1.165) is 16.0 Å². The molecule has 1 N–H and O–H groups in total. The minimum atomic E-state index is -4.75. The number of carbonyl (C=O) groups is 1. The summed E-state index contributed by atoms with van der Waals surface area (Å²) in [6.45, 7) is 3.33. The van der Waals surface area contributed by atoms with Crippen molar-refractivity contribution >= 4 is 46.3 Å². The van der Waals surface area contributed by atoms with E-state index in [-0.39, 0.29) is 27.4 Å². The number of hydrogen-bond acceptors (Lipinski definition) is 6. The molecule has 3 heterocycles. The molecule has 12 heteroatoms. The van der Waals surface area contributed by atoms with Crippen LogP contribution < -0.4 is 5.32 Å². The third-order valence-electron chi connectivity index (χ3n) is 5.70. The summed E-state index contributed by atoms with van der Waals surface area (Å²) < 4.78 is 47.6. The number of amidine groups is 1. The predicted molar refractivity (Wildman–Crippen MR) is 120 cm³/mol. The van der Waals surface area contributed by atoms with E-state index in [1.807, 2.05) is 6.92 Å². The molecule has 0 fully saturated rings. The van der Waals surface area contributed by atoms with Gasteiger partial charge >= 0.3 is 6.18 Å². The topological polar surface area (TPSA) is 63.2 Å². The quantitative estimate of drug-likeness (QED) is 0.546. The van der Waals surface area contributed by atoms with Gasteiger partial charge in [0.2, 0.25) is 0 Å². The Morgan fingerprint density at radius 3 is 2.61 bits per heavy atom. The van der Waals surface area contributed by atoms with Crippen molar-refractivity contribution in [2.45, 2.75) is 38.2 Å². The lowest BCUT2D eigenvalue weighted by molar-refractivity contribution is -0.275. The fourth-order valence-corrected chi connectivity index (χ4v) is 5.73. The minimum absolute atomic E-state index is 0.0773. The smallest absolute Gasteiger partial charge is 0.383 e. The Labute approximate surface area is 202 Å². The van der Waals surface area contributed by atoms with Crippen LogP contribution in [0.15, 0.2) is 23.4 Å². The summed E-state index contributed by atoms with van der Waals surface area (Å²) >= 11 is 13.2. The number of alkyl halides is 3. The lowest BCUT2D eigenvalue weighted by atomic mass is 9.89. The minimum Gasteiger partial charge on any atom is -0.383 e. The second-order valence-electron chi connectivity index (χ2n) is 7.82. The van der Waals surface area contributed by atoms with Crippen LogP contribution in [0.4, 0.5) is 13.2 Å². The second-order valence-corrected chi connectivity index (χ2v) is 9.80. The number of hydrogen-bond donors (Lipinski definition) is 1. The van der Waals surface area contributed by atoms with Gasteiger partial charge in [-0.15, -0.1) is 11.3 Å². The van der Waals surface area contributed by atoms with Crippen LogP contribution in [0.1, 0.15) is 37.7 Å². The van der Waals surface area contributed by atoms with Crippen LogP contribution in [0.25, 0.3) is 0 Å². The molecule has 6 nitrogen and oxygen atoms in total. The molecule has 33 heavy (non-hydrogen) atoms. The van der Waals surface area contributed by atoms with Gasteiger partial charge in [-0.05, 0) is 36.2 Å². The number of amides is 1. The maximum absolute atomic E-state index is 14.2. The van der Waals surface area contributed by atoms with Crippen LogP contribution in [0.5, 0.6) is 0 Å². The number of rotatable bonds is 5. The first-order valence-electron chi connectivity index (χ1n) is 9.97. The van der Waals surface area contributed by atoms with E-state index in [1.54, 1.807) is 12.0 Å². The van der Waals surface area contributed by atoms with E-state index in [2.05, 4.69) is 10.5 Å². The molecule has 2 aromatic rings. The molecule has 1 atom stereocenters. The zero-order chi connectivity index (χ0) is 24.0. The van der Waals surface area contributed by atoms with Crippen LogP contribution in [-0.4, -0.2) is 43.1 Å². The van der Waals surface area contributed by atoms with Gasteiger partial charge in [0, 0.05) is 40.7 Å². The molecule has 4 rings (SSSR count). The van der Waals surface area contributed by atoms with Gasteiger partial charge in [0.25, 0.3) is 11.5 Å². The predicted octanol–water partition coefficient (Wildman–Crippen LogP) is 5.25. The Balaban J connectivity index is 1.53. The van der Waals surface area contributed by atoms with E-state index in [0.29, 0.717) is 31.1 Å². The van der Waals surface area contributed by atoms with E-state index < -0.39 is 18.2 Å². The zero-order valence-electron chi connectivity index (χ0n) is 17.7. The number of benzene rings is 1. The van der Waals surface area contributed by atoms with Crippen LogP contribution in [0.3, 0.4) is 0 Å². The Hall–Kier alpha value is -2.01. The number of carbonyl (C=O) groups excluding carboxylic acids is 1. The molecule has 1 amide bonds. The van der Waals surface area contributed by atoms with Crippen LogP contribution >= 0.6 is 34.5 Å². The molecule has 1 unspecified atom stereocenters. The SMILES string of the molecule is COCCNC(=O)c1sc2c(c1C)CN(C1=NOC(c3cc(Cl)cc(Cl)c3)(C(F)(F)F)C1)C2. The average Bonchev–Trinajstić information content (AvgIpc) is 3.41. The molecule has 1 aromatic heterocycles. The van der Waals surface area contributed by atoms with E-state index >= 15 is 0 Å². The number of nitrogens with one attached hydrogen (secondary N) is 1. The maximum atomic E-state index is 14.2. The number of oxime groups is 1. The highest BCUT2D eigenvalue weighted by atomic mass is 35.5. The molecule has 0 saturated carbocycles. The van der Waals surface area contributed by atoms with Gasteiger partial charge in [-0.25, -0.2) is 0 Å². The first-order valence-corrected chi connectivity index (χ1v) is 11.5. The molecule has 0 saturated heterocycles. The molecule has 0 bridgehead atoms. The van der Waals surface area contributed by atoms with Crippen molar-refractivity contribution in [2.24, 2.45) is 5.16 Å². The number of fused-ring (bicyclic) bond motifs is 1. The second kappa shape index (κ2) is 8.98. The summed E-state index contributed by atoms with van der Waals surface area (Å²) in [5.41, 5.74) is -1.13. The molecular formula is C21H20Cl2F3N3O3S. The highest BCUT2D eigenvalue weighted by Gasteiger charge is 2.63. The highest BCUT2D eigenvalue weighted by molar-refractivity contribution is 7.14. The Morgan fingerprint density at radius 2 is 2.00 bits per heavy atom. The van der Waals surface area contributed by atoms with Gasteiger partial charge in [0.05, 0.1) is 24.4 Å². The Kier molecular flexibility index (Phi) is 6.56. The van der Waals surface area contributed by atoms with Crippen molar-refractivity contribution in [3.63, 3.8) is 0 Å². The molecule has 0 aliphatic carbocycles. The standard InChI is InChI=1S/C21H20Cl2F3N3O3S/c1-11-15-9-29(10-16(15)33-18(11)19(30)27-3-4-31-2)17-8-20(32-28-17,21(24,25)26)12-5-13(22)7-14(23)6-12/h5-7H,3-4,8-10H2,1-2H3,(H,27,30). The lowest BCUT2D eigenvalue weighted by Gasteiger charge is -2.30. The zero-order valence-corrected chi connectivity index (χ0v) is 20.0. The van der Waals surface area contributed by atoms with Crippen molar-refractivity contribution < 1.29 is 27.5 Å². The van der Waals surface area contributed by atoms with Crippen molar-refractivity contribution in [1.82, 2.24) is 10.2 Å². The number of halogens is 5. The number of nitrogens with zero attached hydrogens (tertiary/aromatic N) is 2. The first-order chi connectivity index (χ1) is 15.6. The summed E-state index contributed by atoms with van der Waals surface area (Å²) in [5, 5.41) is 6.77. The summed E-state index contributed by atoms with van der Waals surface area (Å²) in [5.74, 6) is -0.0108. The van der Waals surface area contributed by atoms with Gasteiger partial charge in [-0.3, -0.25) is 4.79 Å². The fourth-order valence-electron chi connectivity index (χ4n) is 3.95. The van der Waals surface area contributed by atoms with Crippen LogP contribution in [0, 0.1) is 6.92 Å². The molecule has 0 spiro atoms. The molecule has 2 aliphatic rings. The maximum Gasteiger partial charge on any atom is 0.435 e. The molecule has 0 radical (unpaired) electrons. The van der Waals surface area contributed by atoms with Gasteiger partial charge in [0.1, 0.15) is 5.84 Å². The summed E-state index contributed by atoms with van der Waals surface area (Å²) in [7, 11) is 1.55. The molecular weight excluding hydrogens is 502 g/mol. The third-order valence-corrected chi connectivity index (χ3v) is 7.46. The number of ether oxygens (including phenoxy) is 1. The summed E-state index contributed by atoms with van der Waals surface area (Å²) in [6, 6.07) is 3.75. The lowest BCUT2D eigenvalue weighted by Crippen LogP contribution is -2.43. The normalized spacial score (nSPS) is 20.0. The van der Waals surface area contributed by atoms with Crippen LogP contribution in [0.2, 0.25) is 10.0 Å². The highest BCUT2D eigenvalue weighted by Crippen LogP contribution is 2.50. The summed E-state index contributed by atoms with van der Waals surface area (Å²) in [6.07, 6.45) is -5.26. The molecule has 1 aromatic carbocycles. The fraction of sp³-hybridized carbons (Fsp3) is 0.429. The first kappa shape index (κ1) is 24.1. The third kappa shape index (κ3) is 4.41. The Morgan fingerprint density at radius 1 is 1.30 bits per heavy atom. The van der Waals surface area contributed by atoms with Crippen molar-refractivity contribution in [3.05, 3.63) is 54.7 Å². The van der Waals surface area contributed by atoms with Crippen molar-refractivity contribution in [3.8, 4) is 0 Å². The van der Waals surface area contributed by atoms with Gasteiger partial charge in [0.15, 0.2) is 0 Å². The largest absolute Gasteiger partial charge is 0.435 e. The number of thiophene rings is 1. The monoisotopic (exact) mass is 521 g/mol. The van der Waals surface area contributed by atoms with Crippen molar-refractivity contribution in [1.29, 1.82) is 0 Å². The molecule has 2 aliphatic heterocycles. The Bertz CT molecular complexity index is 1100. The van der Waals surface area contributed by atoms with E-state index in [9.17, 15) is 18.0 Å². The van der Waals surface area contributed by atoms with Gasteiger partial charge in [-0.1, -0.05) is 28.4 Å².